The molecule has 1 aromatic carbocycles. The van der Waals surface area contributed by atoms with Gasteiger partial charge < -0.3 is 14.7 Å². The van der Waals surface area contributed by atoms with Crippen LogP contribution in [0.4, 0.5) is 0 Å². The number of rotatable bonds is 1. The number of nitrogens with zero attached hydrogens (tertiary/aromatic N) is 1. The maximum atomic E-state index is 12.3. The Bertz CT molecular complexity index is 643. The van der Waals surface area contributed by atoms with Gasteiger partial charge in [0.05, 0.1) is 5.60 Å². The maximum Gasteiger partial charge on any atom is 0.134 e. The number of carbonyl (C=O) groups is 1. The average Bonchev–Trinajstić information content (AvgIpc) is 2.51. The van der Waals surface area contributed by atoms with E-state index in [9.17, 15) is 9.90 Å². The van der Waals surface area contributed by atoms with Crippen molar-refractivity contribution in [3.63, 3.8) is 0 Å². The summed E-state index contributed by atoms with van der Waals surface area (Å²) in [5.41, 5.74) is 1.82. The van der Waals surface area contributed by atoms with Crippen LogP contribution in [0, 0.1) is 0 Å². The van der Waals surface area contributed by atoms with Gasteiger partial charge in [0.1, 0.15) is 11.5 Å². The normalized spacial score (nSPS) is 37.5. The molecule has 3 aliphatic rings. The van der Waals surface area contributed by atoms with Crippen LogP contribution in [0.3, 0.4) is 0 Å². The first-order valence-corrected chi connectivity index (χ1v) is 8.12. The third-order valence-corrected chi connectivity index (χ3v) is 6.43. The number of ether oxygens (including phenoxy) is 1. The van der Waals surface area contributed by atoms with Crippen LogP contribution in [0.15, 0.2) is 18.2 Å². The molecular weight excluding hydrogens is 278 g/mol. The number of hydrogen-bond acceptors (Lipinski definition) is 4. The molecule has 1 saturated heterocycles. The van der Waals surface area contributed by atoms with Crippen molar-refractivity contribution in [3.8, 4) is 5.75 Å². The van der Waals surface area contributed by atoms with Crippen molar-refractivity contribution < 1.29 is 14.6 Å². The standard InChI is InChI=1S/C18H23NO3/c1-19-8-7-17-11-14(21)5-6-18(17,22-2)16(19)9-12-3-4-13(20)10-15(12)17/h3-4,10,16,20H,5-9,11H2,1-2H3/t16-,17-,18-/m1/s1. The van der Waals surface area contributed by atoms with Gasteiger partial charge in [0.2, 0.25) is 0 Å². The van der Waals surface area contributed by atoms with E-state index in [4.69, 9.17) is 4.74 Å². The highest BCUT2D eigenvalue weighted by molar-refractivity contribution is 5.82. The van der Waals surface area contributed by atoms with Crippen molar-refractivity contribution in [1.29, 1.82) is 0 Å². The van der Waals surface area contributed by atoms with E-state index in [0.29, 0.717) is 24.7 Å². The molecule has 3 atom stereocenters. The Hall–Kier alpha value is -1.39. The highest BCUT2D eigenvalue weighted by Gasteiger charge is 2.65. The lowest BCUT2D eigenvalue weighted by Gasteiger charge is -2.64. The lowest BCUT2D eigenvalue weighted by molar-refractivity contribution is -0.183. The van der Waals surface area contributed by atoms with Crippen LogP contribution in [0.25, 0.3) is 0 Å². The highest BCUT2D eigenvalue weighted by atomic mass is 16.5. The van der Waals surface area contributed by atoms with Gasteiger partial charge in [-0.25, -0.2) is 0 Å². The van der Waals surface area contributed by atoms with E-state index in [2.05, 4.69) is 11.9 Å². The van der Waals surface area contributed by atoms with Crippen molar-refractivity contribution in [3.05, 3.63) is 29.3 Å². The van der Waals surface area contributed by atoms with Gasteiger partial charge >= 0.3 is 0 Å². The summed E-state index contributed by atoms with van der Waals surface area (Å²) in [6.07, 6.45) is 3.77. The zero-order valence-corrected chi connectivity index (χ0v) is 13.3. The summed E-state index contributed by atoms with van der Waals surface area (Å²) in [5.74, 6) is 0.612. The van der Waals surface area contributed by atoms with E-state index in [1.165, 1.54) is 5.56 Å². The molecule has 2 aliphatic carbocycles. The second-order valence-electron chi connectivity index (χ2n) is 7.18. The fourth-order valence-corrected chi connectivity index (χ4v) is 5.41. The molecule has 2 fully saturated rings. The molecule has 0 radical (unpaired) electrons. The van der Waals surface area contributed by atoms with Gasteiger partial charge in [-0.1, -0.05) is 6.07 Å². The molecule has 0 spiro atoms. The molecule has 0 unspecified atom stereocenters. The minimum absolute atomic E-state index is 0.277. The first-order chi connectivity index (χ1) is 10.5. The predicted octanol–water partition coefficient (Wildman–Crippen LogP) is 2.03. The monoisotopic (exact) mass is 301 g/mol. The molecule has 0 amide bonds. The molecular formula is C18H23NO3. The number of ketones is 1. The number of likely N-dealkylation sites (N-methyl/N-ethyl adjacent to an activating group) is 1. The van der Waals surface area contributed by atoms with Gasteiger partial charge in [0.25, 0.3) is 0 Å². The summed E-state index contributed by atoms with van der Waals surface area (Å²) >= 11 is 0. The number of hydrogen-bond donors (Lipinski definition) is 1. The molecule has 118 valence electrons. The molecule has 4 nitrogen and oxygen atoms in total. The van der Waals surface area contributed by atoms with Gasteiger partial charge in [-0.05, 0) is 56.1 Å². The molecule has 1 aliphatic heterocycles. The molecule has 1 aromatic rings. The van der Waals surface area contributed by atoms with Crippen molar-refractivity contribution in [2.45, 2.75) is 49.2 Å². The minimum Gasteiger partial charge on any atom is -0.508 e. The predicted molar refractivity (Wildman–Crippen MR) is 83.1 cm³/mol. The van der Waals surface area contributed by atoms with E-state index in [1.54, 1.807) is 13.2 Å². The molecule has 1 saturated carbocycles. The summed E-state index contributed by atoms with van der Waals surface area (Å²) in [7, 11) is 3.96. The number of phenolic OH excluding ortho intramolecular Hbond substituents is 1. The van der Waals surface area contributed by atoms with Crippen LogP contribution in [0.1, 0.15) is 36.8 Å². The first kappa shape index (κ1) is 14.2. The molecule has 2 bridgehead atoms. The van der Waals surface area contributed by atoms with Crippen LogP contribution in [-0.2, 0) is 21.4 Å². The summed E-state index contributed by atoms with van der Waals surface area (Å²) in [6.45, 7) is 0.970. The molecule has 4 heteroatoms. The summed E-state index contributed by atoms with van der Waals surface area (Å²) in [5, 5.41) is 10.0. The van der Waals surface area contributed by atoms with Crippen LogP contribution < -0.4 is 0 Å². The van der Waals surface area contributed by atoms with Gasteiger partial charge in [-0.3, -0.25) is 4.79 Å². The fraction of sp³-hybridized carbons (Fsp3) is 0.611. The minimum atomic E-state index is -0.311. The van der Waals surface area contributed by atoms with Gasteiger partial charge in [-0.15, -0.1) is 0 Å². The lowest BCUT2D eigenvalue weighted by Crippen LogP contribution is -2.73. The zero-order chi connectivity index (χ0) is 15.5. The maximum absolute atomic E-state index is 12.3. The smallest absolute Gasteiger partial charge is 0.134 e. The third kappa shape index (κ3) is 1.57. The summed E-state index contributed by atoms with van der Waals surface area (Å²) in [4.78, 5) is 14.7. The van der Waals surface area contributed by atoms with Crippen molar-refractivity contribution >= 4 is 5.78 Å². The van der Waals surface area contributed by atoms with Crippen molar-refractivity contribution in [2.75, 3.05) is 20.7 Å². The number of aromatic hydroxyl groups is 1. The van der Waals surface area contributed by atoms with E-state index >= 15 is 0 Å². The fourth-order valence-electron chi connectivity index (χ4n) is 5.41. The average molecular weight is 301 g/mol. The number of fused-ring (bicyclic) bond motifs is 1. The lowest BCUT2D eigenvalue weighted by atomic mass is 9.49. The highest BCUT2D eigenvalue weighted by Crippen LogP contribution is 2.59. The largest absolute Gasteiger partial charge is 0.508 e. The second kappa shape index (κ2) is 4.56. The molecule has 4 rings (SSSR count). The Balaban J connectivity index is 1.99. The van der Waals surface area contributed by atoms with Gasteiger partial charge in [-0.2, -0.15) is 0 Å². The van der Waals surface area contributed by atoms with E-state index in [-0.39, 0.29) is 16.8 Å². The molecule has 22 heavy (non-hydrogen) atoms. The van der Waals surface area contributed by atoms with Crippen LogP contribution >= 0.6 is 0 Å². The van der Waals surface area contributed by atoms with E-state index < -0.39 is 0 Å². The number of methoxy groups -OCH3 is 1. The van der Waals surface area contributed by atoms with Crippen LogP contribution in [0.5, 0.6) is 5.75 Å². The zero-order valence-electron chi connectivity index (χ0n) is 13.3. The second-order valence-corrected chi connectivity index (χ2v) is 7.18. The number of piperidine rings is 1. The number of likely N-dealkylation sites (tertiary alicyclic amines) is 1. The van der Waals surface area contributed by atoms with Gasteiger partial charge in [0, 0.05) is 31.4 Å². The number of carbonyl (C=O) groups excluding carboxylic acids is 1. The van der Waals surface area contributed by atoms with Crippen LogP contribution in [-0.4, -0.2) is 48.1 Å². The first-order valence-electron chi connectivity index (χ1n) is 8.12. The SMILES string of the molecule is CO[C@@]12CCC(=O)C[C@@]13CCN(C)[C@@H]2Cc1ccc(O)cc13. The Morgan fingerprint density at radius 1 is 1.36 bits per heavy atom. The summed E-state index contributed by atoms with van der Waals surface area (Å²) < 4.78 is 6.18. The van der Waals surface area contributed by atoms with Crippen molar-refractivity contribution in [2.24, 2.45) is 0 Å². The van der Waals surface area contributed by atoms with E-state index in [0.717, 1.165) is 31.4 Å². The van der Waals surface area contributed by atoms with Crippen LogP contribution in [0.2, 0.25) is 0 Å². The number of benzene rings is 1. The van der Waals surface area contributed by atoms with Crippen molar-refractivity contribution in [1.82, 2.24) is 4.90 Å². The quantitative estimate of drug-likeness (QED) is 0.862. The Kier molecular flexibility index (Phi) is 2.94. The van der Waals surface area contributed by atoms with E-state index in [1.807, 2.05) is 12.1 Å². The third-order valence-electron chi connectivity index (χ3n) is 6.43. The summed E-state index contributed by atoms with van der Waals surface area (Å²) in [6, 6.07) is 5.97. The van der Waals surface area contributed by atoms with Gasteiger partial charge in [0.15, 0.2) is 0 Å². The Morgan fingerprint density at radius 2 is 2.18 bits per heavy atom. The molecule has 1 heterocycles. The Morgan fingerprint density at radius 3 is 2.95 bits per heavy atom. The molecule has 1 N–H and O–H groups in total. The Labute approximate surface area is 131 Å². The number of Topliss-reactive ketones (excluding diaryl/α,β-unsaturated/α-hetero) is 1. The number of phenols is 1. The molecule has 0 aromatic heterocycles. The topological polar surface area (TPSA) is 49.8 Å².